The molecule has 1 N–H and O–H groups in total. The summed E-state index contributed by atoms with van der Waals surface area (Å²) in [5.74, 6) is 0.941. The van der Waals surface area contributed by atoms with Gasteiger partial charge in [0.25, 0.3) is 5.91 Å². The van der Waals surface area contributed by atoms with E-state index in [1.807, 2.05) is 54.9 Å². The van der Waals surface area contributed by atoms with Crippen LogP contribution in [0.1, 0.15) is 46.8 Å². The Labute approximate surface area is 182 Å². The molecule has 0 saturated carbocycles. The highest BCUT2D eigenvalue weighted by molar-refractivity contribution is 6.04. The van der Waals surface area contributed by atoms with E-state index in [0.29, 0.717) is 23.8 Å². The van der Waals surface area contributed by atoms with E-state index in [9.17, 15) is 4.79 Å². The molecule has 1 heterocycles. The van der Waals surface area contributed by atoms with Crippen LogP contribution < -0.4 is 10.1 Å². The molecule has 156 valence electrons. The molecular weight excluding hydrogens is 384 g/mol. The highest BCUT2D eigenvalue weighted by atomic mass is 16.5. The molecule has 1 amide bonds. The van der Waals surface area contributed by atoms with Crippen LogP contribution in [0.3, 0.4) is 0 Å². The average molecular weight is 411 g/mol. The van der Waals surface area contributed by atoms with Crippen molar-refractivity contribution in [1.82, 2.24) is 4.98 Å². The van der Waals surface area contributed by atoms with Crippen molar-refractivity contribution >= 4 is 22.4 Å². The number of pyridine rings is 1. The first-order valence-corrected chi connectivity index (χ1v) is 10.5. The number of carbonyl (C=O) groups is 1. The van der Waals surface area contributed by atoms with Crippen molar-refractivity contribution in [3.8, 4) is 5.75 Å². The van der Waals surface area contributed by atoms with E-state index in [-0.39, 0.29) is 5.91 Å². The molecule has 3 aromatic carbocycles. The van der Waals surface area contributed by atoms with Gasteiger partial charge >= 0.3 is 0 Å². The van der Waals surface area contributed by atoms with Gasteiger partial charge in [0.15, 0.2) is 0 Å². The van der Waals surface area contributed by atoms with Crippen LogP contribution in [-0.4, -0.2) is 10.9 Å². The minimum atomic E-state index is -0.158. The van der Waals surface area contributed by atoms with Gasteiger partial charge in [-0.1, -0.05) is 50.2 Å². The lowest BCUT2D eigenvalue weighted by atomic mass is 9.97. The Morgan fingerprint density at radius 2 is 1.84 bits per heavy atom. The number of nitrogens with zero attached hydrogens (tertiary/aromatic N) is 1. The zero-order chi connectivity index (χ0) is 21.8. The minimum Gasteiger partial charge on any atom is -0.489 e. The number of hydrogen-bond acceptors (Lipinski definition) is 3. The van der Waals surface area contributed by atoms with Gasteiger partial charge in [-0.3, -0.25) is 9.78 Å². The Morgan fingerprint density at radius 3 is 2.65 bits per heavy atom. The van der Waals surface area contributed by atoms with Gasteiger partial charge in [-0.25, -0.2) is 0 Å². The molecule has 0 aliphatic rings. The number of aromatic nitrogens is 1. The summed E-state index contributed by atoms with van der Waals surface area (Å²) in [5.41, 5.74) is 4.82. The molecule has 0 atom stereocenters. The van der Waals surface area contributed by atoms with Gasteiger partial charge in [0.1, 0.15) is 12.4 Å². The molecule has 4 heteroatoms. The van der Waals surface area contributed by atoms with Crippen molar-refractivity contribution in [3.05, 3.63) is 101 Å². The van der Waals surface area contributed by atoms with Crippen LogP contribution >= 0.6 is 0 Å². The summed E-state index contributed by atoms with van der Waals surface area (Å²) >= 11 is 0. The fourth-order valence-electron chi connectivity index (χ4n) is 3.79. The van der Waals surface area contributed by atoms with Crippen molar-refractivity contribution < 1.29 is 9.53 Å². The molecule has 0 bridgehead atoms. The molecule has 4 aromatic rings. The summed E-state index contributed by atoms with van der Waals surface area (Å²) in [7, 11) is 0. The maximum Gasteiger partial charge on any atom is 0.255 e. The summed E-state index contributed by atoms with van der Waals surface area (Å²) in [6.45, 7) is 6.79. The number of hydrogen-bond donors (Lipinski definition) is 1. The van der Waals surface area contributed by atoms with Gasteiger partial charge < -0.3 is 10.1 Å². The van der Waals surface area contributed by atoms with E-state index >= 15 is 0 Å². The number of nitrogens with one attached hydrogen (secondary N) is 1. The van der Waals surface area contributed by atoms with Crippen molar-refractivity contribution in [2.45, 2.75) is 33.3 Å². The number of amides is 1. The SMILES string of the molecule is Cc1cc(NC(=O)c2cccc(OCc3cncc4ccccc34)c2)ccc1C(C)C. The van der Waals surface area contributed by atoms with Crippen LogP contribution in [0.15, 0.2) is 79.1 Å². The second-order valence-corrected chi connectivity index (χ2v) is 8.02. The quantitative estimate of drug-likeness (QED) is 0.395. The molecule has 0 spiro atoms. The molecule has 4 nitrogen and oxygen atoms in total. The standard InChI is InChI=1S/C27H26N2O2/c1-18(2)25-12-11-23(13-19(25)3)29-27(30)20-8-6-9-24(14-20)31-17-22-16-28-15-21-7-4-5-10-26(21)22/h4-16,18H,17H2,1-3H3,(H,29,30). The van der Waals surface area contributed by atoms with Crippen LogP contribution in [0.5, 0.6) is 5.75 Å². The smallest absolute Gasteiger partial charge is 0.255 e. The summed E-state index contributed by atoms with van der Waals surface area (Å²) in [5, 5.41) is 5.18. The number of aryl methyl sites for hydroxylation is 1. The first-order valence-electron chi connectivity index (χ1n) is 10.5. The Balaban J connectivity index is 1.46. The Bertz CT molecular complexity index is 1230. The molecule has 0 fully saturated rings. The third kappa shape index (κ3) is 4.75. The average Bonchev–Trinajstić information content (AvgIpc) is 2.77. The number of anilines is 1. The first kappa shape index (κ1) is 20.6. The Hall–Kier alpha value is -3.66. The van der Waals surface area contributed by atoms with Crippen molar-refractivity contribution in [1.29, 1.82) is 0 Å². The maximum absolute atomic E-state index is 12.8. The lowest BCUT2D eigenvalue weighted by Gasteiger charge is -2.13. The van der Waals surface area contributed by atoms with Gasteiger partial charge in [0.05, 0.1) is 0 Å². The van der Waals surface area contributed by atoms with E-state index < -0.39 is 0 Å². The number of fused-ring (bicyclic) bond motifs is 1. The Kier molecular flexibility index (Phi) is 5.99. The molecule has 0 saturated heterocycles. The highest BCUT2D eigenvalue weighted by Gasteiger charge is 2.10. The summed E-state index contributed by atoms with van der Waals surface area (Å²) in [6, 6.07) is 21.4. The maximum atomic E-state index is 12.8. The highest BCUT2D eigenvalue weighted by Crippen LogP contribution is 2.24. The molecule has 1 aromatic heterocycles. The van der Waals surface area contributed by atoms with E-state index in [1.54, 1.807) is 12.1 Å². The van der Waals surface area contributed by atoms with Crippen LogP contribution in [0.25, 0.3) is 10.8 Å². The first-order chi connectivity index (χ1) is 15.0. The van der Waals surface area contributed by atoms with E-state index in [1.165, 1.54) is 11.1 Å². The van der Waals surface area contributed by atoms with Gasteiger partial charge in [-0.2, -0.15) is 0 Å². The summed E-state index contributed by atoms with van der Waals surface area (Å²) in [4.78, 5) is 17.1. The summed E-state index contributed by atoms with van der Waals surface area (Å²) < 4.78 is 5.98. The Morgan fingerprint density at radius 1 is 1.00 bits per heavy atom. The van der Waals surface area contributed by atoms with Crippen molar-refractivity contribution in [2.75, 3.05) is 5.32 Å². The molecule has 0 aliphatic heterocycles. The largest absolute Gasteiger partial charge is 0.489 e. The van der Waals surface area contributed by atoms with Gasteiger partial charge in [-0.05, 0) is 59.7 Å². The molecule has 31 heavy (non-hydrogen) atoms. The minimum absolute atomic E-state index is 0.158. The van der Waals surface area contributed by atoms with E-state index in [0.717, 1.165) is 22.0 Å². The zero-order valence-corrected chi connectivity index (χ0v) is 18.1. The monoisotopic (exact) mass is 410 g/mol. The third-order valence-electron chi connectivity index (χ3n) is 5.39. The fraction of sp³-hybridized carbons (Fsp3) is 0.185. The zero-order valence-electron chi connectivity index (χ0n) is 18.1. The topological polar surface area (TPSA) is 51.2 Å². The van der Waals surface area contributed by atoms with Crippen LogP contribution in [0, 0.1) is 6.92 Å². The fourth-order valence-corrected chi connectivity index (χ4v) is 3.79. The molecule has 0 radical (unpaired) electrons. The molecule has 0 aliphatic carbocycles. The number of benzene rings is 3. The second-order valence-electron chi connectivity index (χ2n) is 8.02. The number of ether oxygens (including phenoxy) is 1. The second kappa shape index (κ2) is 9.00. The van der Waals surface area contributed by atoms with Crippen molar-refractivity contribution in [2.24, 2.45) is 0 Å². The number of carbonyl (C=O) groups excluding carboxylic acids is 1. The van der Waals surface area contributed by atoms with Crippen molar-refractivity contribution in [3.63, 3.8) is 0 Å². The lowest BCUT2D eigenvalue weighted by molar-refractivity contribution is 0.102. The van der Waals surface area contributed by atoms with E-state index in [4.69, 9.17) is 4.74 Å². The lowest BCUT2D eigenvalue weighted by Crippen LogP contribution is -2.12. The molecular formula is C27H26N2O2. The number of rotatable bonds is 6. The molecule has 4 rings (SSSR count). The van der Waals surface area contributed by atoms with Gasteiger partial charge in [0, 0.05) is 34.6 Å². The van der Waals surface area contributed by atoms with Crippen LogP contribution in [-0.2, 0) is 6.61 Å². The predicted octanol–water partition coefficient (Wildman–Crippen LogP) is 6.50. The predicted molar refractivity (Wildman–Crippen MR) is 126 cm³/mol. The normalized spacial score (nSPS) is 11.0. The van der Waals surface area contributed by atoms with Gasteiger partial charge in [0.2, 0.25) is 0 Å². The van der Waals surface area contributed by atoms with Crippen LogP contribution in [0.4, 0.5) is 5.69 Å². The van der Waals surface area contributed by atoms with Crippen LogP contribution in [0.2, 0.25) is 0 Å². The summed E-state index contributed by atoms with van der Waals surface area (Å²) in [6.07, 6.45) is 3.67. The van der Waals surface area contributed by atoms with Gasteiger partial charge in [-0.15, -0.1) is 0 Å². The molecule has 0 unspecified atom stereocenters. The third-order valence-corrected chi connectivity index (χ3v) is 5.39. The van der Waals surface area contributed by atoms with E-state index in [2.05, 4.69) is 43.2 Å².